The average Bonchev–Trinajstić information content (AvgIpc) is 2.44. The van der Waals surface area contributed by atoms with Crippen molar-refractivity contribution in [2.75, 3.05) is 0 Å². The summed E-state index contributed by atoms with van der Waals surface area (Å²) in [5, 5.41) is 3.37. The van der Waals surface area contributed by atoms with Crippen molar-refractivity contribution in [1.29, 1.82) is 0 Å². The van der Waals surface area contributed by atoms with Gasteiger partial charge in [0.2, 0.25) is 0 Å². The van der Waals surface area contributed by atoms with Gasteiger partial charge in [-0.05, 0) is 12.8 Å². The zero-order chi connectivity index (χ0) is 9.26. The van der Waals surface area contributed by atoms with Gasteiger partial charge in [-0.3, -0.25) is 0 Å². The normalized spacial score (nSPS) is 19.8. The second kappa shape index (κ2) is 3.76. The second-order valence-corrected chi connectivity index (χ2v) is 4.90. The number of hydrogen-bond donors (Lipinski definition) is 1. The van der Waals surface area contributed by atoms with Crippen LogP contribution >= 0.6 is 11.3 Å². The summed E-state index contributed by atoms with van der Waals surface area (Å²) in [6, 6.07) is 0.0893. The number of thiazole rings is 1. The van der Waals surface area contributed by atoms with Gasteiger partial charge in [-0.2, -0.15) is 0 Å². The predicted molar refractivity (Wildman–Crippen MR) is 55.8 cm³/mol. The molecule has 0 saturated heterocycles. The molecule has 1 heterocycles. The fourth-order valence-corrected chi connectivity index (χ4v) is 2.59. The van der Waals surface area contributed by atoms with E-state index in [-0.39, 0.29) is 6.04 Å². The van der Waals surface area contributed by atoms with E-state index in [2.05, 4.69) is 10.4 Å². The van der Waals surface area contributed by atoms with Gasteiger partial charge in [0.15, 0.2) is 0 Å². The van der Waals surface area contributed by atoms with E-state index in [4.69, 9.17) is 5.73 Å². The van der Waals surface area contributed by atoms with Crippen molar-refractivity contribution in [2.24, 2.45) is 11.7 Å². The van der Waals surface area contributed by atoms with E-state index in [0.717, 1.165) is 11.6 Å². The molecule has 0 bridgehead atoms. The van der Waals surface area contributed by atoms with Gasteiger partial charge in [-0.15, -0.1) is 11.3 Å². The summed E-state index contributed by atoms with van der Waals surface area (Å²) in [5.74, 6) is 0.909. The van der Waals surface area contributed by atoms with Crippen LogP contribution in [0.25, 0.3) is 0 Å². The first-order chi connectivity index (χ1) is 6.25. The molecular formula is C10H16N2S. The van der Waals surface area contributed by atoms with Crippen LogP contribution in [0.1, 0.15) is 42.9 Å². The number of aromatic nitrogens is 1. The van der Waals surface area contributed by atoms with Crippen molar-refractivity contribution in [2.45, 2.75) is 38.6 Å². The summed E-state index contributed by atoms with van der Waals surface area (Å²) in [5.41, 5.74) is 6.80. The maximum Gasteiger partial charge on any atom is 0.0931 e. The molecule has 1 unspecified atom stereocenters. The lowest BCUT2D eigenvalue weighted by atomic mass is 9.83. The Balaban J connectivity index is 1.96. The molecule has 0 spiro atoms. The van der Waals surface area contributed by atoms with Gasteiger partial charge in [0, 0.05) is 17.8 Å². The Hall–Kier alpha value is -0.410. The van der Waals surface area contributed by atoms with Crippen LogP contribution in [-0.2, 0) is 6.42 Å². The van der Waals surface area contributed by atoms with Crippen LogP contribution < -0.4 is 5.73 Å². The highest BCUT2D eigenvalue weighted by Gasteiger charge is 2.19. The van der Waals surface area contributed by atoms with Crippen molar-refractivity contribution in [3.05, 3.63) is 16.1 Å². The standard InChI is InChI=1S/C10H16N2S/c1-7(11)9-6-13-10(12-9)5-8-3-2-4-8/h6-8H,2-5,11H2,1H3. The van der Waals surface area contributed by atoms with Gasteiger partial charge < -0.3 is 5.73 Å². The van der Waals surface area contributed by atoms with Crippen LogP contribution in [0.2, 0.25) is 0 Å². The number of rotatable bonds is 3. The highest BCUT2D eigenvalue weighted by Crippen LogP contribution is 2.30. The lowest BCUT2D eigenvalue weighted by Gasteiger charge is -2.23. The summed E-state index contributed by atoms with van der Waals surface area (Å²) in [7, 11) is 0. The van der Waals surface area contributed by atoms with E-state index >= 15 is 0 Å². The van der Waals surface area contributed by atoms with Crippen molar-refractivity contribution in [3.63, 3.8) is 0 Å². The molecule has 13 heavy (non-hydrogen) atoms. The third kappa shape index (κ3) is 2.09. The topological polar surface area (TPSA) is 38.9 Å². The third-order valence-electron chi connectivity index (χ3n) is 2.72. The van der Waals surface area contributed by atoms with Gasteiger partial charge in [-0.25, -0.2) is 4.98 Å². The quantitative estimate of drug-likeness (QED) is 0.806. The molecule has 1 atom stereocenters. The van der Waals surface area contributed by atoms with Crippen molar-refractivity contribution in [3.8, 4) is 0 Å². The molecule has 0 aromatic carbocycles. The van der Waals surface area contributed by atoms with Crippen LogP contribution in [0.5, 0.6) is 0 Å². The molecule has 1 aliphatic rings. The molecule has 1 fully saturated rings. The molecule has 0 amide bonds. The summed E-state index contributed by atoms with van der Waals surface area (Å²) >= 11 is 1.76. The summed E-state index contributed by atoms with van der Waals surface area (Å²) in [4.78, 5) is 4.53. The van der Waals surface area contributed by atoms with Crippen LogP contribution in [-0.4, -0.2) is 4.98 Å². The Kier molecular flexibility index (Phi) is 2.65. The molecule has 1 aliphatic carbocycles. The third-order valence-corrected chi connectivity index (χ3v) is 3.61. The van der Waals surface area contributed by atoms with Gasteiger partial charge in [0.1, 0.15) is 0 Å². The number of hydrogen-bond acceptors (Lipinski definition) is 3. The Morgan fingerprint density at radius 1 is 1.69 bits per heavy atom. The Bertz CT molecular complexity index is 276. The van der Waals surface area contributed by atoms with E-state index in [0.29, 0.717) is 0 Å². The molecule has 1 saturated carbocycles. The SMILES string of the molecule is CC(N)c1csc(CC2CCC2)n1. The van der Waals surface area contributed by atoms with Crippen molar-refractivity contribution in [1.82, 2.24) is 4.98 Å². The fourth-order valence-electron chi connectivity index (χ4n) is 1.57. The van der Waals surface area contributed by atoms with Crippen LogP contribution in [0.4, 0.5) is 0 Å². The summed E-state index contributed by atoms with van der Waals surface area (Å²) in [6.45, 7) is 1.99. The lowest BCUT2D eigenvalue weighted by molar-refractivity contribution is 0.314. The minimum Gasteiger partial charge on any atom is -0.323 e. The van der Waals surface area contributed by atoms with Gasteiger partial charge >= 0.3 is 0 Å². The van der Waals surface area contributed by atoms with E-state index in [1.807, 2.05) is 6.92 Å². The maximum absolute atomic E-state index is 5.75. The van der Waals surface area contributed by atoms with Crippen molar-refractivity contribution < 1.29 is 0 Å². The Morgan fingerprint density at radius 3 is 2.92 bits per heavy atom. The monoisotopic (exact) mass is 196 g/mol. The Labute approximate surface area is 83.2 Å². The highest BCUT2D eigenvalue weighted by molar-refractivity contribution is 7.09. The molecule has 2 N–H and O–H groups in total. The first-order valence-corrected chi connectivity index (χ1v) is 5.83. The molecule has 72 valence electrons. The first-order valence-electron chi connectivity index (χ1n) is 4.95. The zero-order valence-electron chi connectivity index (χ0n) is 7.99. The fraction of sp³-hybridized carbons (Fsp3) is 0.700. The molecule has 1 aromatic rings. The van der Waals surface area contributed by atoms with E-state index in [1.165, 1.54) is 30.7 Å². The van der Waals surface area contributed by atoms with Gasteiger partial charge in [0.05, 0.1) is 10.7 Å². The second-order valence-electron chi connectivity index (χ2n) is 3.96. The van der Waals surface area contributed by atoms with E-state index < -0.39 is 0 Å². The molecule has 3 heteroatoms. The van der Waals surface area contributed by atoms with Crippen LogP contribution in [0.15, 0.2) is 5.38 Å². The molecule has 2 nitrogen and oxygen atoms in total. The van der Waals surface area contributed by atoms with E-state index in [1.54, 1.807) is 11.3 Å². The summed E-state index contributed by atoms with van der Waals surface area (Å²) < 4.78 is 0. The van der Waals surface area contributed by atoms with E-state index in [9.17, 15) is 0 Å². The number of nitrogens with zero attached hydrogens (tertiary/aromatic N) is 1. The highest BCUT2D eigenvalue weighted by atomic mass is 32.1. The minimum absolute atomic E-state index is 0.0893. The largest absolute Gasteiger partial charge is 0.323 e. The predicted octanol–water partition coefficient (Wildman–Crippen LogP) is 2.51. The van der Waals surface area contributed by atoms with Gasteiger partial charge in [0.25, 0.3) is 0 Å². The number of nitrogens with two attached hydrogens (primary N) is 1. The molecule has 0 aliphatic heterocycles. The zero-order valence-corrected chi connectivity index (χ0v) is 8.81. The first kappa shape index (κ1) is 9.16. The maximum atomic E-state index is 5.75. The molecule has 1 aromatic heterocycles. The lowest BCUT2D eigenvalue weighted by Crippen LogP contribution is -2.13. The van der Waals surface area contributed by atoms with Crippen LogP contribution in [0.3, 0.4) is 0 Å². The molecule has 0 radical (unpaired) electrons. The minimum atomic E-state index is 0.0893. The average molecular weight is 196 g/mol. The molecule has 2 rings (SSSR count). The smallest absolute Gasteiger partial charge is 0.0931 e. The Morgan fingerprint density at radius 2 is 2.46 bits per heavy atom. The van der Waals surface area contributed by atoms with Crippen molar-refractivity contribution >= 4 is 11.3 Å². The summed E-state index contributed by atoms with van der Waals surface area (Å²) in [6.07, 6.45) is 5.38. The van der Waals surface area contributed by atoms with Gasteiger partial charge in [-0.1, -0.05) is 19.3 Å². The molecular weight excluding hydrogens is 180 g/mol. The van der Waals surface area contributed by atoms with Crippen LogP contribution in [0, 0.1) is 5.92 Å².